The van der Waals surface area contributed by atoms with Gasteiger partial charge in [-0.1, -0.05) is 37.6 Å². The number of halogens is 1. The van der Waals surface area contributed by atoms with Crippen molar-refractivity contribution in [2.75, 3.05) is 44.3 Å². The van der Waals surface area contributed by atoms with Crippen molar-refractivity contribution in [3.8, 4) is 17.3 Å². The van der Waals surface area contributed by atoms with Crippen molar-refractivity contribution >= 4 is 34.4 Å². The van der Waals surface area contributed by atoms with E-state index in [2.05, 4.69) is 27.0 Å². The number of carbonyl (C=O) groups excluding carboxylic acids is 1. The molecule has 8 nitrogen and oxygen atoms in total. The largest absolute Gasteiger partial charge is 0.461 e. The maximum atomic E-state index is 12.2. The number of amides is 1. The summed E-state index contributed by atoms with van der Waals surface area (Å²) in [4.78, 5) is 28.9. The maximum absolute atomic E-state index is 12.2. The number of imidazole rings is 1. The van der Waals surface area contributed by atoms with Crippen LogP contribution < -0.4 is 9.64 Å². The average Bonchev–Trinajstić information content (AvgIpc) is 3.25. The van der Waals surface area contributed by atoms with Gasteiger partial charge in [-0.2, -0.15) is 4.98 Å². The maximum Gasteiger partial charge on any atom is 0.296 e. The quantitative estimate of drug-likeness (QED) is 0.587. The topological polar surface area (TPSA) is 83.6 Å². The molecule has 0 spiro atoms. The number of benzene rings is 1. The minimum absolute atomic E-state index is 0.0134. The first-order valence-electron chi connectivity index (χ1n) is 11.9. The van der Waals surface area contributed by atoms with E-state index in [0.29, 0.717) is 35.5 Å². The molecule has 3 aromatic rings. The third-order valence-corrected chi connectivity index (χ3v) is 6.74. The first-order chi connectivity index (χ1) is 16.5. The number of aromatic amines is 1. The van der Waals surface area contributed by atoms with Gasteiger partial charge in [0.25, 0.3) is 6.01 Å². The lowest BCUT2D eigenvalue weighted by atomic mass is 10.1. The molecule has 1 N–H and O–H groups in total. The Hall–Kier alpha value is -2.84. The second-order valence-electron chi connectivity index (χ2n) is 9.18. The van der Waals surface area contributed by atoms with Gasteiger partial charge in [0.15, 0.2) is 5.65 Å². The lowest BCUT2D eigenvalue weighted by Crippen LogP contribution is -2.43. The highest BCUT2D eigenvalue weighted by atomic mass is 35.5. The Balaban J connectivity index is 1.28. The molecule has 1 amide bonds. The van der Waals surface area contributed by atoms with Gasteiger partial charge in [0.2, 0.25) is 5.91 Å². The number of hydrogen-bond donors (Lipinski definition) is 1. The average molecular weight is 484 g/mol. The highest BCUT2D eigenvalue weighted by Gasteiger charge is 2.26. The SMILES string of the molecule is CC(C)C(=O)N1CCC(Oc2nc3nc(-c4ccc(N5CCOCC5)cc4)c(Cl)cc3[nH]2)CC1. The third-order valence-electron chi connectivity index (χ3n) is 6.45. The lowest BCUT2D eigenvalue weighted by molar-refractivity contribution is -0.136. The zero-order valence-electron chi connectivity index (χ0n) is 19.6. The number of H-pyrrole nitrogens is 1. The van der Waals surface area contributed by atoms with Crippen LogP contribution in [0.5, 0.6) is 6.01 Å². The van der Waals surface area contributed by atoms with Crippen molar-refractivity contribution in [2.45, 2.75) is 32.8 Å². The summed E-state index contributed by atoms with van der Waals surface area (Å²) >= 11 is 6.58. The number of ether oxygens (including phenoxy) is 2. The van der Waals surface area contributed by atoms with Crippen LogP contribution in [-0.2, 0) is 9.53 Å². The number of morpholine rings is 1. The van der Waals surface area contributed by atoms with Crippen LogP contribution in [0.4, 0.5) is 5.69 Å². The van der Waals surface area contributed by atoms with Gasteiger partial charge in [-0.25, -0.2) is 4.98 Å². The number of aromatic nitrogens is 3. The van der Waals surface area contributed by atoms with Gasteiger partial charge in [-0.15, -0.1) is 0 Å². The summed E-state index contributed by atoms with van der Waals surface area (Å²) in [5.41, 5.74) is 4.11. The molecule has 2 aliphatic rings. The first-order valence-corrected chi connectivity index (χ1v) is 12.3. The predicted octanol–water partition coefficient (Wildman–Crippen LogP) is 4.14. The van der Waals surface area contributed by atoms with E-state index in [1.165, 1.54) is 5.69 Å². The number of likely N-dealkylation sites (tertiary alicyclic amines) is 1. The van der Waals surface area contributed by atoms with E-state index in [9.17, 15) is 4.79 Å². The van der Waals surface area contributed by atoms with Gasteiger partial charge in [-0.05, 0) is 18.2 Å². The number of nitrogens with one attached hydrogen (secondary N) is 1. The molecule has 2 fully saturated rings. The molecule has 1 aromatic carbocycles. The minimum atomic E-state index is 0.0134. The summed E-state index contributed by atoms with van der Waals surface area (Å²) in [6, 6.07) is 10.6. The zero-order chi connectivity index (χ0) is 23.7. The van der Waals surface area contributed by atoms with E-state index in [0.717, 1.165) is 50.2 Å². The summed E-state index contributed by atoms with van der Waals surface area (Å²) in [6.07, 6.45) is 1.58. The Kier molecular flexibility index (Phi) is 6.61. The monoisotopic (exact) mass is 483 g/mol. The van der Waals surface area contributed by atoms with E-state index >= 15 is 0 Å². The third kappa shape index (κ3) is 4.83. The molecule has 0 unspecified atom stereocenters. The second-order valence-corrected chi connectivity index (χ2v) is 9.58. The fraction of sp³-hybridized carbons (Fsp3) is 0.480. The van der Waals surface area contributed by atoms with Gasteiger partial charge < -0.3 is 24.3 Å². The predicted molar refractivity (Wildman–Crippen MR) is 132 cm³/mol. The van der Waals surface area contributed by atoms with E-state index in [-0.39, 0.29) is 17.9 Å². The highest BCUT2D eigenvalue weighted by Crippen LogP contribution is 2.31. The van der Waals surface area contributed by atoms with Gasteiger partial charge >= 0.3 is 0 Å². The van der Waals surface area contributed by atoms with E-state index < -0.39 is 0 Å². The number of pyridine rings is 1. The van der Waals surface area contributed by atoms with Gasteiger partial charge in [0, 0.05) is 56.2 Å². The van der Waals surface area contributed by atoms with Crippen molar-refractivity contribution in [3.63, 3.8) is 0 Å². The number of anilines is 1. The Morgan fingerprint density at radius 3 is 2.50 bits per heavy atom. The fourth-order valence-electron chi connectivity index (χ4n) is 4.52. The first kappa shape index (κ1) is 22.9. The molecule has 2 aromatic heterocycles. The Labute approximate surface area is 204 Å². The number of piperidine rings is 1. The van der Waals surface area contributed by atoms with E-state index in [4.69, 9.17) is 26.1 Å². The van der Waals surface area contributed by atoms with Crippen molar-refractivity contribution in [1.82, 2.24) is 19.9 Å². The van der Waals surface area contributed by atoms with Crippen LogP contribution in [0.15, 0.2) is 30.3 Å². The molecule has 9 heteroatoms. The van der Waals surface area contributed by atoms with Crippen molar-refractivity contribution < 1.29 is 14.3 Å². The molecule has 2 aliphatic heterocycles. The van der Waals surface area contributed by atoms with Crippen molar-refractivity contribution in [3.05, 3.63) is 35.4 Å². The van der Waals surface area contributed by atoms with Crippen LogP contribution in [0.3, 0.4) is 0 Å². The lowest BCUT2D eigenvalue weighted by Gasteiger charge is -2.32. The number of carbonyl (C=O) groups is 1. The van der Waals surface area contributed by atoms with Crippen LogP contribution in [0.1, 0.15) is 26.7 Å². The smallest absolute Gasteiger partial charge is 0.296 e. The number of fused-ring (bicyclic) bond motifs is 1. The van der Waals surface area contributed by atoms with Crippen molar-refractivity contribution in [1.29, 1.82) is 0 Å². The standard InChI is InChI=1S/C25H30ClN5O3/c1-16(2)24(32)31-9-7-19(8-10-31)34-25-27-21-15-20(26)22(28-23(21)29-25)17-3-5-18(6-4-17)30-11-13-33-14-12-30/h3-6,15-16,19H,7-14H2,1-2H3,(H,27,28,29). The summed E-state index contributed by atoms with van der Waals surface area (Å²) in [5, 5.41) is 0.558. The number of hydrogen-bond acceptors (Lipinski definition) is 6. The summed E-state index contributed by atoms with van der Waals surface area (Å²) < 4.78 is 11.5. The number of nitrogens with zero attached hydrogens (tertiary/aromatic N) is 4. The molecule has 2 saturated heterocycles. The normalized spacial score (nSPS) is 17.5. The fourth-order valence-corrected chi connectivity index (χ4v) is 4.78. The van der Waals surface area contributed by atoms with Crippen LogP contribution >= 0.6 is 11.6 Å². The van der Waals surface area contributed by atoms with E-state index in [1.54, 1.807) is 0 Å². The molecule has 0 aliphatic carbocycles. The van der Waals surface area contributed by atoms with Crippen LogP contribution in [0, 0.1) is 5.92 Å². The molecule has 4 heterocycles. The molecule has 0 saturated carbocycles. The molecule has 180 valence electrons. The zero-order valence-corrected chi connectivity index (χ0v) is 20.3. The van der Waals surface area contributed by atoms with Crippen LogP contribution in [0.2, 0.25) is 5.02 Å². The number of rotatable bonds is 5. The molecule has 34 heavy (non-hydrogen) atoms. The molecule has 0 bridgehead atoms. The minimum Gasteiger partial charge on any atom is -0.461 e. The van der Waals surface area contributed by atoms with Gasteiger partial charge in [-0.3, -0.25) is 4.79 Å². The van der Waals surface area contributed by atoms with Gasteiger partial charge in [0.1, 0.15) is 6.10 Å². The van der Waals surface area contributed by atoms with Crippen LogP contribution in [0.25, 0.3) is 22.4 Å². The Morgan fingerprint density at radius 2 is 1.82 bits per heavy atom. The van der Waals surface area contributed by atoms with Gasteiger partial charge in [0.05, 0.1) is 29.4 Å². The molecule has 0 radical (unpaired) electrons. The highest BCUT2D eigenvalue weighted by molar-refractivity contribution is 6.33. The summed E-state index contributed by atoms with van der Waals surface area (Å²) in [7, 11) is 0. The molecular weight excluding hydrogens is 454 g/mol. The van der Waals surface area contributed by atoms with Crippen molar-refractivity contribution in [2.24, 2.45) is 5.92 Å². The Morgan fingerprint density at radius 1 is 1.12 bits per heavy atom. The summed E-state index contributed by atoms with van der Waals surface area (Å²) in [6.45, 7) is 8.58. The second kappa shape index (κ2) is 9.80. The molecule has 0 atom stereocenters. The molecule has 5 rings (SSSR count). The molecular formula is C25H30ClN5O3. The van der Waals surface area contributed by atoms with Crippen LogP contribution in [-0.4, -0.2) is 71.3 Å². The Bertz CT molecular complexity index is 1150. The summed E-state index contributed by atoms with van der Waals surface area (Å²) in [5.74, 6) is 0.222. The van der Waals surface area contributed by atoms with E-state index in [1.807, 2.05) is 36.9 Å².